The number of rotatable bonds is 1. The Labute approximate surface area is 126 Å². The van der Waals surface area contributed by atoms with Crippen molar-refractivity contribution in [1.82, 2.24) is 9.78 Å². The van der Waals surface area contributed by atoms with Crippen molar-refractivity contribution in [3.63, 3.8) is 0 Å². The number of phenolic OH excluding ortho intramolecular Hbond substituents is 2. The van der Waals surface area contributed by atoms with Gasteiger partial charge in [0.05, 0.1) is 5.52 Å². The van der Waals surface area contributed by atoms with Crippen molar-refractivity contribution in [2.24, 2.45) is 7.05 Å². The van der Waals surface area contributed by atoms with Crippen LogP contribution in [0.3, 0.4) is 0 Å². The molecule has 0 saturated heterocycles. The summed E-state index contributed by atoms with van der Waals surface area (Å²) >= 11 is 0. The molecular formula is C18H14N2O2. The van der Waals surface area contributed by atoms with E-state index in [1.54, 1.807) is 24.3 Å². The molecule has 108 valence electrons. The average molecular weight is 290 g/mol. The van der Waals surface area contributed by atoms with Crippen LogP contribution in [0.2, 0.25) is 0 Å². The van der Waals surface area contributed by atoms with Gasteiger partial charge < -0.3 is 10.2 Å². The van der Waals surface area contributed by atoms with Crippen LogP contribution in [0.15, 0.2) is 54.6 Å². The van der Waals surface area contributed by atoms with Gasteiger partial charge in [-0.05, 0) is 47.9 Å². The fourth-order valence-electron chi connectivity index (χ4n) is 2.92. The third-order valence-corrected chi connectivity index (χ3v) is 3.95. The first-order chi connectivity index (χ1) is 10.6. The van der Waals surface area contributed by atoms with Crippen LogP contribution in [0.5, 0.6) is 11.5 Å². The van der Waals surface area contributed by atoms with Crippen LogP contribution in [0.4, 0.5) is 0 Å². The van der Waals surface area contributed by atoms with Crippen molar-refractivity contribution in [2.75, 3.05) is 0 Å². The summed E-state index contributed by atoms with van der Waals surface area (Å²) in [6, 6.07) is 16.4. The molecule has 4 heteroatoms. The molecular weight excluding hydrogens is 276 g/mol. The highest BCUT2D eigenvalue weighted by molar-refractivity contribution is 6.10. The third kappa shape index (κ3) is 1.81. The molecule has 22 heavy (non-hydrogen) atoms. The predicted molar refractivity (Wildman–Crippen MR) is 87.0 cm³/mol. The van der Waals surface area contributed by atoms with Crippen LogP contribution in [0, 0.1) is 0 Å². The van der Waals surface area contributed by atoms with Crippen LogP contribution >= 0.6 is 0 Å². The predicted octanol–water partition coefficient (Wildman–Crippen LogP) is 3.80. The van der Waals surface area contributed by atoms with E-state index in [9.17, 15) is 10.2 Å². The van der Waals surface area contributed by atoms with Gasteiger partial charge >= 0.3 is 0 Å². The van der Waals surface area contributed by atoms with E-state index in [1.165, 1.54) is 0 Å². The lowest BCUT2D eigenvalue weighted by atomic mass is 10.0. The van der Waals surface area contributed by atoms with E-state index in [4.69, 9.17) is 0 Å². The number of aryl methyl sites for hydroxylation is 1. The monoisotopic (exact) mass is 290 g/mol. The number of aromatic nitrogens is 2. The zero-order chi connectivity index (χ0) is 15.3. The Balaban J connectivity index is 2.08. The molecule has 0 aliphatic rings. The number of hydrogen-bond acceptors (Lipinski definition) is 3. The molecule has 0 spiro atoms. The zero-order valence-electron chi connectivity index (χ0n) is 12.0. The van der Waals surface area contributed by atoms with Gasteiger partial charge in [0.25, 0.3) is 0 Å². The molecule has 3 aromatic carbocycles. The van der Waals surface area contributed by atoms with Crippen molar-refractivity contribution in [3.8, 4) is 22.8 Å². The highest BCUT2D eigenvalue weighted by atomic mass is 16.3. The van der Waals surface area contributed by atoms with E-state index in [2.05, 4.69) is 5.10 Å². The second-order valence-electron chi connectivity index (χ2n) is 5.39. The summed E-state index contributed by atoms with van der Waals surface area (Å²) in [5, 5.41) is 26.9. The van der Waals surface area contributed by atoms with E-state index in [0.29, 0.717) is 0 Å². The minimum atomic E-state index is 0.236. The molecule has 4 aromatic rings. The Morgan fingerprint density at radius 1 is 0.818 bits per heavy atom. The van der Waals surface area contributed by atoms with Gasteiger partial charge in [-0.25, -0.2) is 0 Å². The Morgan fingerprint density at radius 2 is 1.50 bits per heavy atom. The largest absolute Gasteiger partial charge is 0.508 e. The highest BCUT2D eigenvalue weighted by Gasteiger charge is 2.13. The molecule has 2 N–H and O–H groups in total. The molecule has 0 saturated carbocycles. The molecule has 1 heterocycles. The Kier molecular flexibility index (Phi) is 2.60. The fraction of sp³-hybridized carbons (Fsp3) is 0.0556. The van der Waals surface area contributed by atoms with Crippen molar-refractivity contribution in [3.05, 3.63) is 54.6 Å². The topological polar surface area (TPSA) is 58.3 Å². The second-order valence-corrected chi connectivity index (χ2v) is 5.39. The van der Waals surface area contributed by atoms with Crippen LogP contribution in [0.25, 0.3) is 32.9 Å². The van der Waals surface area contributed by atoms with Gasteiger partial charge in [-0.2, -0.15) is 5.10 Å². The van der Waals surface area contributed by atoms with Crippen molar-refractivity contribution in [1.29, 1.82) is 0 Å². The zero-order valence-corrected chi connectivity index (χ0v) is 12.0. The number of aromatic hydroxyl groups is 2. The Morgan fingerprint density at radius 3 is 2.27 bits per heavy atom. The molecule has 0 aliphatic carbocycles. The summed E-state index contributed by atoms with van der Waals surface area (Å²) in [5.41, 5.74) is 2.79. The number of hydrogen-bond donors (Lipinski definition) is 2. The van der Waals surface area contributed by atoms with Crippen molar-refractivity contribution >= 4 is 21.7 Å². The van der Waals surface area contributed by atoms with Crippen LogP contribution in [-0.4, -0.2) is 20.0 Å². The highest BCUT2D eigenvalue weighted by Crippen LogP contribution is 2.34. The normalized spacial score (nSPS) is 11.3. The lowest BCUT2D eigenvalue weighted by Gasteiger charge is -2.03. The van der Waals surface area contributed by atoms with Gasteiger partial charge in [0.2, 0.25) is 0 Å². The molecule has 4 rings (SSSR count). The summed E-state index contributed by atoms with van der Waals surface area (Å²) in [6.07, 6.45) is 0. The maximum Gasteiger partial charge on any atom is 0.116 e. The number of nitrogens with zero attached hydrogens (tertiary/aromatic N) is 2. The SMILES string of the molecule is Cn1nc(-c2ccc(O)cc2)c2ccc3ccc(O)cc3c21. The van der Waals surface area contributed by atoms with Gasteiger partial charge in [-0.1, -0.05) is 12.1 Å². The summed E-state index contributed by atoms with van der Waals surface area (Å²) in [5.74, 6) is 0.478. The molecule has 0 atom stereocenters. The smallest absolute Gasteiger partial charge is 0.116 e. The summed E-state index contributed by atoms with van der Waals surface area (Å²) in [7, 11) is 1.90. The quantitative estimate of drug-likeness (QED) is 0.560. The maximum absolute atomic E-state index is 9.78. The summed E-state index contributed by atoms with van der Waals surface area (Å²) in [4.78, 5) is 0. The lowest BCUT2D eigenvalue weighted by Crippen LogP contribution is -1.90. The molecule has 0 unspecified atom stereocenters. The Hall–Kier alpha value is -3.01. The first-order valence-electron chi connectivity index (χ1n) is 7.01. The molecule has 0 fully saturated rings. The van der Waals surface area contributed by atoms with Gasteiger partial charge in [0, 0.05) is 23.4 Å². The fourth-order valence-corrected chi connectivity index (χ4v) is 2.92. The van der Waals surface area contributed by atoms with Gasteiger partial charge in [0.15, 0.2) is 0 Å². The summed E-state index contributed by atoms with van der Waals surface area (Å²) in [6.45, 7) is 0. The molecule has 0 amide bonds. The standard InChI is InChI=1S/C18H14N2O2/c1-20-18-15(9-5-11-2-8-14(22)10-16(11)18)17(19-20)12-3-6-13(21)7-4-12/h2-10,21-22H,1H3. The van der Waals surface area contributed by atoms with Crippen molar-refractivity contribution in [2.45, 2.75) is 0 Å². The van der Waals surface area contributed by atoms with E-state index < -0.39 is 0 Å². The van der Waals surface area contributed by atoms with E-state index in [0.717, 1.165) is 32.9 Å². The van der Waals surface area contributed by atoms with Crippen molar-refractivity contribution < 1.29 is 10.2 Å². The number of fused-ring (bicyclic) bond motifs is 3. The van der Waals surface area contributed by atoms with E-state index >= 15 is 0 Å². The Bertz CT molecular complexity index is 1000. The molecule has 0 aliphatic heterocycles. The number of benzene rings is 3. The molecule has 0 bridgehead atoms. The molecule has 1 aromatic heterocycles. The third-order valence-electron chi connectivity index (χ3n) is 3.95. The second kappa shape index (κ2) is 4.49. The van der Waals surface area contributed by atoms with Gasteiger partial charge in [0.1, 0.15) is 17.2 Å². The first-order valence-corrected chi connectivity index (χ1v) is 7.01. The van der Waals surface area contributed by atoms with Gasteiger partial charge in [-0.3, -0.25) is 4.68 Å². The van der Waals surface area contributed by atoms with E-state index in [1.807, 2.05) is 42.1 Å². The average Bonchev–Trinajstić information content (AvgIpc) is 2.85. The minimum absolute atomic E-state index is 0.236. The minimum Gasteiger partial charge on any atom is -0.508 e. The van der Waals surface area contributed by atoms with Crippen LogP contribution < -0.4 is 0 Å². The van der Waals surface area contributed by atoms with E-state index in [-0.39, 0.29) is 11.5 Å². The summed E-state index contributed by atoms with van der Waals surface area (Å²) < 4.78 is 1.83. The number of phenols is 2. The lowest BCUT2D eigenvalue weighted by molar-refractivity contribution is 0.475. The molecule has 4 nitrogen and oxygen atoms in total. The van der Waals surface area contributed by atoms with Crippen LogP contribution in [-0.2, 0) is 7.05 Å². The van der Waals surface area contributed by atoms with Crippen LogP contribution in [0.1, 0.15) is 0 Å². The van der Waals surface area contributed by atoms with Gasteiger partial charge in [-0.15, -0.1) is 0 Å². The first kappa shape index (κ1) is 12.7. The molecule has 0 radical (unpaired) electrons. The maximum atomic E-state index is 9.78.